The molecule has 14 heteroatoms. The highest BCUT2D eigenvalue weighted by Crippen LogP contribution is 2.31. The summed E-state index contributed by atoms with van der Waals surface area (Å²) in [5, 5.41) is 24.1. The van der Waals surface area contributed by atoms with Crippen molar-refractivity contribution in [2.75, 3.05) is 6.54 Å². The van der Waals surface area contributed by atoms with Gasteiger partial charge in [-0.3, -0.25) is 14.4 Å². The van der Waals surface area contributed by atoms with E-state index in [1.807, 2.05) is 54.6 Å². The highest BCUT2D eigenvalue weighted by atomic mass is 16.6. The van der Waals surface area contributed by atoms with E-state index in [0.29, 0.717) is 49.7 Å². The fraction of sp³-hybridized carbons (Fsp3) is 0.583. The van der Waals surface area contributed by atoms with E-state index >= 15 is 0 Å². The first-order valence-corrected chi connectivity index (χ1v) is 22.7. The number of nitrogens with one attached hydrogen (secondary N) is 6. The Hall–Kier alpha value is -5.24. The standard InChI is InChI=1S/C48H70N8O6/c1-7-16-36(43-52-37-21-14-15-22-38(37)53-43)44(58)50-24-23-34(31(2)3)27-42(57)39(25-32-17-10-8-11-18-32)54-46(60)41(28-35-29-49-30-51-35)55-45(59)40(26-33-19-12-9-13-20-33)56-47(61)62-48(4,5)6/h9,12-15,19-22,29-32,34,36,39-42,57H,7-8,10-11,16-18,23-28H2,1-6H3,(H,49,51)(H,50,58)(H,52,53)(H,54,60)(H,55,59)(H,56,61)/t34-,36-,39-,40?,41-,42-/m0/s1. The summed E-state index contributed by atoms with van der Waals surface area (Å²) in [6, 6.07) is 14.4. The van der Waals surface area contributed by atoms with Crippen molar-refractivity contribution in [2.24, 2.45) is 17.8 Å². The molecule has 0 aliphatic heterocycles. The number of para-hydroxylation sites is 2. The van der Waals surface area contributed by atoms with Crippen LogP contribution >= 0.6 is 0 Å². The summed E-state index contributed by atoms with van der Waals surface area (Å²) >= 11 is 0. The number of hydrogen-bond donors (Lipinski definition) is 7. The van der Waals surface area contributed by atoms with Crippen molar-refractivity contribution in [1.29, 1.82) is 0 Å². The SMILES string of the molecule is CCC[C@H](C(=O)NCC[C@@H](C[C@H](O)[C@H](CC1CCCCC1)NC(=O)[C@H](Cc1cnc[nH]1)NC(=O)C(Cc1ccccc1)NC(=O)OC(C)(C)C)C(C)C)c1nc2ccccc2[nH]1. The molecule has 1 aliphatic rings. The van der Waals surface area contributed by atoms with Crippen LogP contribution in [0.2, 0.25) is 0 Å². The fourth-order valence-electron chi connectivity index (χ4n) is 8.50. The summed E-state index contributed by atoms with van der Waals surface area (Å²) in [6.45, 7) is 12.0. The van der Waals surface area contributed by atoms with E-state index in [9.17, 15) is 24.3 Å². The van der Waals surface area contributed by atoms with Crippen LogP contribution in [0.5, 0.6) is 0 Å². The minimum absolute atomic E-state index is 0.0463. The Bertz CT molecular complexity index is 1960. The second kappa shape index (κ2) is 23.3. The predicted octanol–water partition coefficient (Wildman–Crippen LogP) is 7.02. The van der Waals surface area contributed by atoms with Crippen molar-refractivity contribution in [3.63, 3.8) is 0 Å². The number of aromatic nitrogens is 4. The lowest BCUT2D eigenvalue weighted by molar-refractivity contribution is -0.131. The predicted molar refractivity (Wildman–Crippen MR) is 241 cm³/mol. The van der Waals surface area contributed by atoms with Crippen molar-refractivity contribution in [3.05, 3.63) is 84.2 Å². The van der Waals surface area contributed by atoms with Gasteiger partial charge in [0.05, 0.1) is 35.4 Å². The molecule has 2 aromatic carbocycles. The van der Waals surface area contributed by atoms with Crippen molar-refractivity contribution in [2.45, 2.75) is 154 Å². The molecule has 6 atom stereocenters. The molecule has 1 fully saturated rings. The van der Waals surface area contributed by atoms with Crippen LogP contribution < -0.4 is 21.3 Å². The van der Waals surface area contributed by atoms with Crippen molar-refractivity contribution < 1.29 is 29.0 Å². The number of carbonyl (C=O) groups excluding carboxylic acids is 4. The Kier molecular flexibility index (Phi) is 17.9. The number of rotatable bonds is 22. The van der Waals surface area contributed by atoms with Crippen LogP contribution in [0, 0.1) is 17.8 Å². The van der Waals surface area contributed by atoms with Crippen LogP contribution in [0.1, 0.15) is 129 Å². The lowest BCUT2D eigenvalue weighted by Crippen LogP contribution is -2.57. The topological polar surface area (TPSA) is 203 Å². The maximum Gasteiger partial charge on any atom is 0.408 e. The fourth-order valence-corrected chi connectivity index (χ4v) is 8.50. The zero-order valence-electron chi connectivity index (χ0n) is 37.5. The number of imidazole rings is 2. The summed E-state index contributed by atoms with van der Waals surface area (Å²) in [4.78, 5) is 70.4. The molecule has 0 saturated heterocycles. The Balaban J connectivity index is 1.29. The molecule has 1 aliphatic carbocycles. The lowest BCUT2D eigenvalue weighted by atomic mass is 9.80. The van der Waals surface area contributed by atoms with Gasteiger partial charge in [-0.1, -0.05) is 102 Å². The van der Waals surface area contributed by atoms with Crippen LogP contribution in [-0.4, -0.2) is 85.2 Å². The van der Waals surface area contributed by atoms with Crippen LogP contribution in [0.25, 0.3) is 11.0 Å². The monoisotopic (exact) mass is 855 g/mol. The molecule has 2 aromatic heterocycles. The lowest BCUT2D eigenvalue weighted by Gasteiger charge is -2.34. The molecule has 2 heterocycles. The molecule has 0 bridgehead atoms. The number of aliphatic hydroxyl groups excluding tert-OH is 1. The molecule has 4 amide bonds. The summed E-state index contributed by atoms with van der Waals surface area (Å²) < 4.78 is 5.50. The van der Waals surface area contributed by atoms with Gasteiger partial charge in [-0.25, -0.2) is 14.8 Å². The summed E-state index contributed by atoms with van der Waals surface area (Å²) in [5.74, 6) is -0.224. The van der Waals surface area contributed by atoms with Gasteiger partial charge in [0, 0.05) is 31.3 Å². The van der Waals surface area contributed by atoms with Gasteiger partial charge >= 0.3 is 6.09 Å². The Morgan fingerprint density at radius 2 is 1.56 bits per heavy atom. The third-order valence-corrected chi connectivity index (χ3v) is 11.9. The Morgan fingerprint density at radius 3 is 2.23 bits per heavy atom. The number of amides is 4. The Morgan fingerprint density at radius 1 is 0.871 bits per heavy atom. The summed E-state index contributed by atoms with van der Waals surface area (Å²) in [5.41, 5.74) is 2.40. The minimum atomic E-state index is -1.05. The molecular weight excluding hydrogens is 785 g/mol. The molecular formula is C48H70N8O6. The molecule has 0 spiro atoms. The maximum absolute atomic E-state index is 14.5. The molecule has 14 nitrogen and oxygen atoms in total. The maximum atomic E-state index is 14.5. The van der Waals surface area contributed by atoms with Crippen LogP contribution in [0.4, 0.5) is 4.79 Å². The number of aliphatic hydroxyl groups is 1. The van der Waals surface area contributed by atoms with Crippen LogP contribution in [-0.2, 0) is 32.0 Å². The highest BCUT2D eigenvalue weighted by molar-refractivity contribution is 5.92. The van der Waals surface area contributed by atoms with E-state index in [-0.39, 0.29) is 30.6 Å². The number of hydrogen-bond acceptors (Lipinski definition) is 8. The normalized spacial score (nSPS) is 16.5. The largest absolute Gasteiger partial charge is 0.444 e. The first-order valence-electron chi connectivity index (χ1n) is 22.7. The zero-order valence-corrected chi connectivity index (χ0v) is 37.5. The number of carbonyl (C=O) groups is 4. The van der Waals surface area contributed by atoms with Gasteiger partial charge in [0.2, 0.25) is 17.7 Å². The van der Waals surface area contributed by atoms with Gasteiger partial charge in [0.15, 0.2) is 0 Å². The molecule has 4 aromatic rings. The van der Waals surface area contributed by atoms with Gasteiger partial charge in [-0.05, 0) is 81.9 Å². The molecule has 0 radical (unpaired) electrons. The molecule has 1 saturated carbocycles. The van der Waals surface area contributed by atoms with Crippen molar-refractivity contribution in [3.8, 4) is 0 Å². The van der Waals surface area contributed by atoms with Gasteiger partial charge in [-0.15, -0.1) is 0 Å². The highest BCUT2D eigenvalue weighted by Gasteiger charge is 2.34. The number of aromatic amines is 2. The molecule has 7 N–H and O–H groups in total. The molecule has 1 unspecified atom stereocenters. The minimum Gasteiger partial charge on any atom is -0.444 e. The third-order valence-electron chi connectivity index (χ3n) is 11.9. The number of benzene rings is 2. The molecule has 62 heavy (non-hydrogen) atoms. The van der Waals surface area contributed by atoms with Crippen molar-refractivity contribution in [1.82, 2.24) is 41.2 Å². The average Bonchev–Trinajstić information content (AvgIpc) is 3.92. The quantitative estimate of drug-likeness (QED) is 0.0437. The smallest absolute Gasteiger partial charge is 0.408 e. The second-order valence-electron chi connectivity index (χ2n) is 18.5. The van der Waals surface area contributed by atoms with Gasteiger partial charge in [0.1, 0.15) is 23.5 Å². The number of H-pyrrole nitrogens is 2. The second-order valence-corrected chi connectivity index (χ2v) is 18.5. The number of ether oxygens (including phenoxy) is 1. The number of fused-ring (bicyclic) bond motifs is 1. The molecule has 5 rings (SSSR count). The molecule has 338 valence electrons. The Labute approximate surface area is 367 Å². The third kappa shape index (κ3) is 15.0. The van der Waals surface area contributed by atoms with Gasteiger partial charge in [0.25, 0.3) is 0 Å². The average molecular weight is 855 g/mol. The van der Waals surface area contributed by atoms with Gasteiger partial charge < -0.3 is 41.1 Å². The van der Waals surface area contributed by atoms with Gasteiger partial charge in [-0.2, -0.15) is 0 Å². The van der Waals surface area contributed by atoms with Crippen molar-refractivity contribution >= 4 is 34.8 Å². The number of alkyl carbamates (subject to hydrolysis) is 1. The van der Waals surface area contributed by atoms with Crippen LogP contribution in [0.3, 0.4) is 0 Å². The first-order chi connectivity index (χ1) is 29.7. The van der Waals surface area contributed by atoms with E-state index in [2.05, 4.69) is 57.0 Å². The van der Waals surface area contributed by atoms with E-state index in [4.69, 9.17) is 9.72 Å². The van der Waals surface area contributed by atoms with Crippen LogP contribution in [0.15, 0.2) is 67.1 Å². The van der Waals surface area contributed by atoms with E-state index in [0.717, 1.165) is 48.7 Å². The number of nitrogens with zero attached hydrogens (tertiary/aromatic N) is 2. The summed E-state index contributed by atoms with van der Waals surface area (Å²) in [6.07, 6.45) is 10.4. The first kappa shape index (κ1) is 47.8. The zero-order chi connectivity index (χ0) is 44.6. The van der Waals surface area contributed by atoms with E-state index in [1.165, 1.54) is 12.7 Å². The van der Waals surface area contributed by atoms with E-state index in [1.54, 1.807) is 27.0 Å². The van der Waals surface area contributed by atoms with E-state index < -0.39 is 53.7 Å². The summed E-state index contributed by atoms with van der Waals surface area (Å²) in [7, 11) is 0.